The van der Waals surface area contributed by atoms with E-state index in [1.165, 1.54) is 23.7 Å². The van der Waals surface area contributed by atoms with Crippen molar-refractivity contribution < 1.29 is 23.0 Å². The summed E-state index contributed by atoms with van der Waals surface area (Å²) < 4.78 is 38.3. The summed E-state index contributed by atoms with van der Waals surface area (Å²) >= 11 is -0.190. The molecule has 0 radical (unpaired) electrons. The number of fused-ring (bicyclic) bond motifs is 1. The molecule has 2 aromatic heterocycles. The Bertz CT molecular complexity index is 2250. The van der Waals surface area contributed by atoms with E-state index in [1.54, 1.807) is 12.1 Å². The van der Waals surface area contributed by atoms with E-state index in [2.05, 4.69) is 89.4 Å². The quantitative estimate of drug-likeness (QED) is 0.0446. The van der Waals surface area contributed by atoms with Crippen LogP contribution in [0.2, 0.25) is 0 Å². The summed E-state index contributed by atoms with van der Waals surface area (Å²) in [6, 6.07) is 20.5. The van der Waals surface area contributed by atoms with E-state index in [0.29, 0.717) is 43.0 Å². The fourth-order valence-electron chi connectivity index (χ4n) is 7.13. The Labute approximate surface area is 355 Å². The molecule has 0 aliphatic carbocycles. The topological polar surface area (TPSA) is 192 Å². The smallest absolute Gasteiger partial charge is 0.364 e. The molecule has 2 fully saturated rings. The molecule has 0 saturated carbocycles. The van der Waals surface area contributed by atoms with Crippen LogP contribution in [0, 0.1) is 32.1 Å². The number of aromatic nitrogens is 4. The number of anilines is 4. The lowest BCUT2D eigenvalue weighted by Crippen LogP contribution is -2.33. The molecule has 324 valence electrons. The number of nitro groups is 2. The van der Waals surface area contributed by atoms with Gasteiger partial charge in [-0.1, -0.05) is 60.7 Å². The monoisotopic (exact) mass is 862 g/mol. The van der Waals surface area contributed by atoms with Gasteiger partial charge in [0.1, 0.15) is 12.4 Å². The number of nitrogens with one attached hydrogen (secondary N) is 4. The SMILES string of the molecule is CN1CCC(CNc2nc(NCc3cccc4ccccc34)ncc2[N+](=O)[O-])CC1.CN1CCC(CNc2nc(NCc3ccccc3SC(F)(F)F)ncc2[N+](=O)[O-])CC1. The van der Waals surface area contributed by atoms with Crippen molar-refractivity contribution in [3.63, 3.8) is 0 Å². The summed E-state index contributed by atoms with van der Waals surface area (Å²) in [5.74, 6) is 1.72. The van der Waals surface area contributed by atoms with E-state index in [9.17, 15) is 33.4 Å². The Morgan fingerprint density at radius 2 is 1.13 bits per heavy atom. The Morgan fingerprint density at radius 1 is 0.672 bits per heavy atom. The number of thioether (sulfide) groups is 1. The maximum absolute atomic E-state index is 12.8. The molecule has 20 heteroatoms. The number of benzene rings is 3. The van der Waals surface area contributed by atoms with Gasteiger partial charge in [-0.2, -0.15) is 23.1 Å². The number of halogens is 3. The van der Waals surface area contributed by atoms with Crippen LogP contribution in [0.3, 0.4) is 0 Å². The number of likely N-dealkylation sites (tertiary alicyclic amines) is 2. The van der Waals surface area contributed by atoms with E-state index in [-0.39, 0.29) is 52.2 Å². The number of rotatable bonds is 15. The number of alkyl halides is 3. The van der Waals surface area contributed by atoms with Crippen LogP contribution in [0.4, 0.5) is 48.1 Å². The van der Waals surface area contributed by atoms with Crippen molar-refractivity contribution in [2.75, 3.05) is 74.6 Å². The predicted molar refractivity (Wildman–Crippen MR) is 232 cm³/mol. The zero-order valence-electron chi connectivity index (χ0n) is 33.9. The molecule has 3 aromatic carbocycles. The van der Waals surface area contributed by atoms with Gasteiger partial charge in [0.25, 0.3) is 0 Å². The van der Waals surface area contributed by atoms with Gasteiger partial charge in [-0.3, -0.25) is 20.2 Å². The molecule has 2 saturated heterocycles. The largest absolute Gasteiger partial charge is 0.446 e. The average molecular weight is 863 g/mol. The Morgan fingerprint density at radius 3 is 1.66 bits per heavy atom. The second kappa shape index (κ2) is 21.1. The minimum atomic E-state index is -4.40. The normalized spacial score (nSPS) is 15.4. The summed E-state index contributed by atoms with van der Waals surface area (Å²) in [7, 11) is 4.18. The fraction of sp³-hybridized carbons (Fsp3) is 0.415. The molecule has 7 rings (SSSR count). The van der Waals surface area contributed by atoms with Gasteiger partial charge in [0.2, 0.25) is 23.5 Å². The molecule has 4 N–H and O–H groups in total. The number of hydrogen-bond donors (Lipinski definition) is 4. The van der Waals surface area contributed by atoms with Gasteiger partial charge in [0.15, 0.2) is 0 Å². The molecule has 0 amide bonds. The van der Waals surface area contributed by atoms with Crippen LogP contribution in [0.1, 0.15) is 36.8 Å². The molecular formula is C41H49F3N12O4S. The minimum Gasteiger partial charge on any atom is -0.364 e. The number of nitrogens with zero attached hydrogens (tertiary/aromatic N) is 8. The minimum absolute atomic E-state index is 0.0471. The van der Waals surface area contributed by atoms with Crippen molar-refractivity contribution in [2.24, 2.45) is 11.8 Å². The molecule has 5 aromatic rings. The maximum atomic E-state index is 12.8. The Hall–Kier alpha value is -5.86. The number of piperidine rings is 2. The first-order valence-electron chi connectivity index (χ1n) is 20.0. The Kier molecular flexibility index (Phi) is 15.5. The zero-order chi connectivity index (χ0) is 43.4. The van der Waals surface area contributed by atoms with Gasteiger partial charge in [-0.15, -0.1) is 0 Å². The first kappa shape index (κ1) is 44.7. The van der Waals surface area contributed by atoms with Gasteiger partial charge in [-0.25, -0.2) is 9.97 Å². The van der Waals surface area contributed by atoms with E-state index in [0.717, 1.165) is 69.0 Å². The van der Waals surface area contributed by atoms with Gasteiger partial charge >= 0.3 is 16.9 Å². The second-order valence-electron chi connectivity index (χ2n) is 15.1. The lowest BCUT2D eigenvalue weighted by atomic mass is 9.97. The Balaban J connectivity index is 0.000000204. The molecule has 0 atom stereocenters. The van der Waals surface area contributed by atoms with Crippen LogP contribution in [-0.2, 0) is 13.1 Å². The van der Waals surface area contributed by atoms with Crippen LogP contribution in [0.15, 0.2) is 84.0 Å². The molecule has 0 spiro atoms. The molecule has 2 aliphatic heterocycles. The third kappa shape index (κ3) is 13.3. The molecule has 4 heterocycles. The van der Waals surface area contributed by atoms with Crippen LogP contribution in [0.25, 0.3) is 10.8 Å². The molecule has 0 unspecified atom stereocenters. The first-order chi connectivity index (χ1) is 29.3. The van der Waals surface area contributed by atoms with Gasteiger partial charge in [0.05, 0.1) is 9.85 Å². The van der Waals surface area contributed by atoms with Crippen LogP contribution in [0.5, 0.6) is 0 Å². The molecule has 61 heavy (non-hydrogen) atoms. The van der Waals surface area contributed by atoms with Crippen molar-refractivity contribution in [3.05, 3.63) is 110 Å². The van der Waals surface area contributed by atoms with Gasteiger partial charge < -0.3 is 31.1 Å². The van der Waals surface area contributed by atoms with E-state index in [4.69, 9.17) is 0 Å². The maximum Gasteiger partial charge on any atom is 0.446 e. The van der Waals surface area contributed by atoms with Crippen molar-refractivity contribution in [2.45, 2.75) is 49.2 Å². The summed E-state index contributed by atoms with van der Waals surface area (Å²) in [4.78, 5) is 43.1. The predicted octanol–water partition coefficient (Wildman–Crippen LogP) is 8.27. The molecule has 16 nitrogen and oxygen atoms in total. The highest BCUT2D eigenvalue weighted by Crippen LogP contribution is 2.38. The van der Waals surface area contributed by atoms with E-state index in [1.807, 2.05) is 18.2 Å². The van der Waals surface area contributed by atoms with Crippen LogP contribution >= 0.6 is 11.8 Å². The van der Waals surface area contributed by atoms with Crippen LogP contribution < -0.4 is 21.3 Å². The van der Waals surface area contributed by atoms with E-state index < -0.39 is 15.4 Å². The van der Waals surface area contributed by atoms with Crippen LogP contribution in [-0.4, -0.2) is 98.5 Å². The van der Waals surface area contributed by atoms with Crippen molar-refractivity contribution in [3.8, 4) is 0 Å². The lowest BCUT2D eigenvalue weighted by molar-refractivity contribution is -0.384. The summed E-state index contributed by atoms with van der Waals surface area (Å²) in [5, 5.41) is 37.4. The lowest BCUT2D eigenvalue weighted by Gasteiger charge is -2.29. The summed E-state index contributed by atoms with van der Waals surface area (Å²) in [5.41, 5.74) is -3.20. The van der Waals surface area contributed by atoms with Gasteiger partial charge in [0, 0.05) is 31.1 Å². The highest BCUT2D eigenvalue weighted by atomic mass is 32.2. The highest BCUT2D eigenvalue weighted by molar-refractivity contribution is 8.00. The summed E-state index contributed by atoms with van der Waals surface area (Å²) in [6.45, 7) is 5.86. The van der Waals surface area contributed by atoms with Crippen molar-refractivity contribution in [1.29, 1.82) is 0 Å². The molecule has 0 bridgehead atoms. The molecular weight excluding hydrogens is 814 g/mol. The number of hydrogen-bond acceptors (Lipinski definition) is 15. The van der Waals surface area contributed by atoms with E-state index >= 15 is 0 Å². The van der Waals surface area contributed by atoms with Crippen molar-refractivity contribution >= 4 is 57.4 Å². The fourth-order valence-corrected chi connectivity index (χ4v) is 7.80. The third-order valence-electron chi connectivity index (χ3n) is 10.7. The average Bonchev–Trinajstić information content (AvgIpc) is 3.24. The molecule has 2 aliphatic rings. The van der Waals surface area contributed by atoms with Gasteiger partial charge in [-0.05, 0) is 118 Å². The third-order valence-corrected chi connectivity index (χ3v) is 11.5. The second-order valence-corrected chi connectivity index (χ2v) is 16.2. The standard InChI is InChI=1S/C22H26N6O2.C19H23F3N6O2S/c1-27-11-9-16(10-12-27)13-23-21-20(28(29)30)15-25-22(26-21)24-14-18-7-4-6-17-5-2-3-8-19(17)18;1-27-8-6-13(7-9-27)10-23-17-15(28(29)30)12-25-18(26-17)24-11-14-4-2-3-5-16(14)31-19(20,21)22/h2-8,15-16H,9-14H2,1H3,(H2,23,24,25,26);2-5,12-13H,6-11H2,1H3,(H2,23,24,25,26). The summed E-state index contributed by atoms with van der Waals surface area (Å²) in [6.07, 6.45) is 6.50. The van der Waals surface area contributed by atoms with Crippen molar-refractivity contribution in [1.82, 2.24) is 29.7 Å². The first-order valence-corrected chi connectivity index (χ1v) is 20.8. The zero-order valence-corrected chi connectivity index (χ0v) is 34.7. The highest BCUT2D eigenvalue weighted by Gasteiger charge is 2.30.